The van der Waals surface area contributed by atoms with Crippen LogP contribution >= 0.6 is 0 Å². The number of aliphatic carboxylic acids is 1. The van der Waals surface area contributed by atoms with E-state index in [1.165, 1.54) is 0 Å². The monoisotopic (exact) mass is 255 g/mol. The van der Waals surface area contributed by atoms with Gasteiger partial charge in [-0.1, -0.05) is 12.8 Å². The maximum absolute atomic E-state index is 11.9. The Balaban J connectivity index is 1.77. The molecule has 5 heteroatoms. The van der Waals surface area contributed by atoms with E-state index in [4.69, 9.17) is 5.11 Å². The summed E-state index contributed by atoms with van der Waals surface area (Å²) in [4.78, 5) is 22.7. The SMILES string of the molecule is O=C(O)[C@H]1CC[C@@H](C(=O)NCC2(O)CCCC2)C1. The van der Waals surface area contributed by atoms with Gasteiger partial charge in [-0.05, 0) is 32.1 Å². The van der Waals surface area contributed by atoms with Gasteiger partial charge in [0.25, 0.3) is 0 Å². The summed E-state index contributed by atoms with van der Waals surface area (Å²) < 4.78 is 0. The van der Waals surface area contributed by atoms with Crippen LogP contribution in [0.3, 0.4) is 0 Å². The topological polar surface area (TPSA) is 86.6 Å². The van der Waals surface area contributed by atoms with Crippen LogP contribution in [0.25, 0.3) is 0 Å². The van der Waals surface area contributed by atoms with Gasteiger partial charge in [0.15, 0.2) is 0 Å². The highest BCUT2D eigenvalue weighted by Crippen LogP contribution is 2.32. The second-order valence-electron chi connectivity index (χ2n) is 5.69. The molecule has 0 radical (unpaired) electrons. The van der Waals surface area contributed by atoms with Crippen molar-refractivity contribution >= 4 is 11.9 Å². The number of aliphatic hydroxyl groups is 1. The van der Waals surface area contributed by atoms with Crippen molar-refractivity contribution in [2.24, 2.45) is 11.8 Å². The number of hydrogen-bond donors (Lipinski definition) is 3. The molecule has 0 spiro atoms. The third-order valence-electron chi connectivity index (χ3n) is 4.28. The Morgan fingerprint density at radius 3 is 2.33 bits per heavy atom. The van der Waals surface area contributed by atoms with Crippen LogP contribution in [0.5, 0.6) is 0 Å². The first-order valence-corrected chi connectivity index (χ1v) is 6.73. The molecule has 0 aromatic rings. The molecule has 0 aliphatic heterocycles. The smallest absolute Gasteiger partial charge is 0.306 e. The molecule has 0 unspecified atom stereocenters. The highest BCUT2D eigenvalue weighted by molar-refractivity contribution is 5.80. The summed E-state index contributed by atoms with van der Waals surface area (Å²) in [6, 6.07) is 0. The van der Waals surface area contributed by atoms with Crippen molar-refractivity contribution < 1.29 is 19.8 Å². The highest BCUT2D eigenvalue weighted by Gasteiger charge is 2.36. The quantitative estimate of drug-likeness (QED) is 0.697. The maximum atomic E-state index is 11.9. The predicted molar refractivity (Wildman–Crippen MR) is 64.9 cm³/mol. The zero-order valence-electron chi connectivity index (χ0n) is 10.5. The molecule has 18 heavy (non-hydrogen) atoms. The van der Waals surface area contributed by atoms with Crippen molar-refractivity contribution in [2.75, 3.05) is 6.54 Å². The van der Waals surface area contributed by atoms with Crippen molar-refractivity contribution in [1.29, 1.82) is 0 Å². The number of carboxylic acid groups (broad SMARTS) is 1. The van der Waals surface area contributed by atoms with E-state index in [0.29, 0.717) is 25.8 Å². The molecule has 3 N–H and O–H groups in total. The van der Waals surface area contributed by atoms with Crippen LogP contribution in [0, 0.1) is 11.8 Å². The average Bonchev–Trinajstić information content (AvgIpc) is 2.95. The number of hydrogen-bond acceptors (Lipinski definition) is 3. The normalized spacial score (nSPS) is 30.3. The zero-order valence-corrected chi connectivity index (χ0v) is 10.5. The largest absolute Gasteiger partial charge is 0.481 e. The summed E-state index contributed by atoms with van der Waals surface area (Å²) >= 11 is 0. The molecule has 5 nitrogen and oxygen atoms in total. The molecule has 0 bridgehead atoms. The Hall–Kier alpha value is -1.10. The molecule has 1 amide bonds. The number of rotatable bonds is 4. The van der Waals surface area contributed by atoms with E-state index in [1.807, 2.05) is 0 Å². The molecular weight excluding hydrogens is 234 g/mol. The molecule has 102 valence electrons. The fraction of sp³-hybridized carbons (Fsp3) is 0.846. The van der Waals surface area contributed by atoms with Crippen molar-refractivity contribution in [3.63, 3.8) is 0 Å². The zero-order chi connectivity index (χ0) is 13.2. The van der Waals surface area contributed by atoms with Crippen LogP contribution in [-0.2, 0) is 9.59 Å². The number of carbonyl (C=O) groups excluding carboxylic acids is 1. The van der Waals surface area contributed by atoms with Gasteiger partial charge in [-0.2, -0.15) is 0 Å². The van der Waals surface area contributed by atoms with E-state index < -0.39 is 11.6 Å². The van der Waals surface area contributed by atoms with E-state index in [-0.39, 0.29) is 17.7 Å². The Bertz CT molecular complexity index is 336. The lowest BCUT2D eigenvalue weighted by Gasteiger charge is -2.23. The number of nitrogens with one attached hydrogen (secondary N) is 1. The van der Waals surface area contributed by atoms with Crippen LogP contribution in [0.15, 0.2) is 0 Å². The second-order valence-corrected chi connectivity index (χ2v) is 5.69. The van der Waals surface area contributed by atoms with Gasteiger partial charge in [-0.3, -0.25) is 9.59 Å². The fourth-order valence-corrected chi connectivity index (χ4v) is 3.05. The van der Waals surface area contributed by atoms with Crippen LogP contribution in [0.4, 0.5) is 0 Å². The Morgan fingerprint density at radius 1 is 1.17 bits per heavy atom. The number of carboxylic acids is 1. The molecule has 2 atom stereocenters. The number of amides is 1. The molecule has 0 aromatic heterocycles. The molecule has 0 heterocycles. The summed E-state index contributed by atoms with van der Waals surface area (Å²) in [5.41, 5.74) is -0.736. The van der Waals surface area contributed by atoms with Crippen molar-refractivity contribution in [3.8, 4) is 0 Å². The second kappa shape index (κ2) is 5.26. The third kappa shape index (κ3) is 3.02. The Labute approximate surface area is 107 Å². The summed E-state index contributed by atoms with van der Waals surface area (Å²) in [5.74, 6) is -1.48. The van der Waals surface area contributed by atoms with E-state index in [2.05, 4.69) is 5.32 Å². The van der Waals surface area contributed by atoms with E-state index in [0.717, 1.165) is 25.7 Å². The van der Waals surface area contributed by atoms with Crippen molar-refractivity contribution in [2.45, 2.75) is 50.5 Å². The van der Waals surface area contributed by atoms with Crippen LogP contribution in [0.2, 0.25) is 0 Å². The van der Waals surface area contributed by atoms with Gasteiger partial charge in [0.05, 0.1) is 11.5 Å². The Morgan fingerprint density at radius 2 is 1.78 bits per heavy atom. The van der Waals surface area contributed by atoms with Gasteiger partial charge in [-0.25, -0.2) is 0 Å². The maximum Gasteiger partial charge on any atom is 0.306 e. The predicted octanol–water partition coefficient (Wildman–Crippen LogP) is 0.909. The molecule has 2 aliphatic carbocycles. The lowest BCUT2D eigenvalue weighted by Crippen LogP contribution is -2.42. The van der Waals surface area contributed by atoms with Gasteiger partial charge in [0.2, 0.25) is 5.91 Å². The van der Waals surface area contributed by atoms with E-state index in [1.54, 1.807) is 0 Å². The van der Waals surface area contributed by atoms with E-state index in [9.17, 15) is 14.7 Å². The van der Waals surface area contributed by atoms with Crippen LogP contribution in [0.1, 0.15) is 44.9 Å². The summed E-state index contributed by atoms with van der Waals surface area (Å²) in [7, 11) is 0. The minimum atomic E-state index is -0.806. The molecule has 2 aliphatic rings. The summed E-state index contributed by atoms with van der Waals surface area (Å²) in [6.07, 6.45) is 5.16. The molecule has 2 saturated carbocycles. The first-order chi connectivity index (χ1) is 8.50. The van der Waals surface area contributed by atoms with Gasteiger partial charge in [-0.15, -0.1) is 0 Å². The standard InChI is InChI=1S/C13H21NO4/c15-11(9-3-4-10(7-9)12(16)17)14-8-13(18)5-1-2-6-13/h9-10,18H,1-8H2,(H,14,15)(H,16,17)/t9-,10+/m1/s1. The minimum absolute atomic E-state index is 0.0981. The van der Waals surface area contributed by atoms with Crippen molar-refractivity contribution in [3.05, 3.63) is 0 Å². The number of carbonyl (C=O) groups is 2. The fourth-order valence-electron chi connectivity index (χ4n) is 3.05. The van der Waals surface area contributed by atoms with E-state index >= 15 is 0 Å². The van der Waals surface area contributed by atoms with Gasteiger partial charge >= 0.3 is 5.97 Å². The molecule has 0 saturated heterocycles. The first kappa shape index (κ1) is 13.3. The summed E-state index contributed by atoms with van der Waals surface area (Å²) in [5, 5.41) is 21.8. The first-order valence-electron chi connectivity index (χ1n) is 6.73. The van der Waals surface area contributed by atoms with Gasteiger partial charge < -0.3 is 15.5 Å². The minimum Gasteiger partial charge on any atom is -0.481 e. The molecule has 0 aromatic carbocycles. The van der Waals surface area contributed by atoms with Crippen LogP contribution in [-0.4, -0.2) is 34.2 Å². The molecule has 2 fully saturated rings. The molecular formula is C13H21NO4. The Kier molecular flexibility index (Phi) is 3.90. The lowest BCUT2D eigenvalue weighted by atomic mass is 10.0. The highest BCUT2D eigenvalue weighted by atomic mass is 16.4. The summed E-state index contributed by atoms with van der Waals surface area (Å²) in [6.45, 7) is 0.306. The molecule has 2 rings (SSSR count). The lowest BCUT2D eigenvalue weighted by molar-refractivity contribution is -0.141. The third-order valence-corrected chi connectivity index (χ3v) is 4.28. The van der Waals surface area contributed by atoms with Crippen LogP contribution < -0.4 is 5.32 Å². The average molecular weight is 255 g/mol. The van der Waals surface area contributed by atoms with Gasteiger partial charge in [0.1, 0.15) is 0 Å². The van der Waals surface area contributed by atoms with Gasteiger partial charge in [0, 0.05) is 12.5 Å². The van der Waals surface area contributed by atoms with Crippen molar-refractivity contribution in [1.82, 2.24) is 5.32 Å².